The Hall–Kier alpha value is 0.440. The van der Waals surface area contributed by atoms with E-state index in [1.165, 1.54) is 17.7 Å². The lowest BCUT2D eigenvalue weighted by Crippen LogP contribution is -2.29. The molecule has 0 saturated heterocycles. The topological polar surface area (TPSA) is 0 Å². The minimum Gasteiger partial charge on any atom is -0.149 e. The molecule has 0 N–H and O–H groups in total. The van der Waals surface area contributed by atoms with Crippen molar-refractivity contribution in [3.63, 3.8) is 0 Å². The largest absolute Gasteiger partial charge is 0.149 e. The van der Waals surface area contributed by atoms with Crippen LogP contribution in [0.1, 0.15) is 74.7 Å². The van der Waals surface area contributed by atoms with Gasteiger partial charge in [0.15, 0.2) is 0 Å². The molecular formula is C16H32S2. The SMILES string of the molecule is C=C(CC(CC)(CC)SC(C)(C)C)SC(C)(C)C. The molecule has 0 spiro atoms. The predicted molar refractivity (Wildman–Crippen MR) is 91.8 cm³/mol. The van der Waals surface area contributed by atoms with Crippen LogP contribution in [0.25, 0.3) is 0 Å². The second-order valence-electron chi connectivity index (χ2n) is 7.03. The van der Waals surface area contributed by atoms with Gasteiger partial charge in [-0.2, -0.15) is 0 Å². The highest BCUT2D eigenvalue weighted by molar-refractivity contribution is 8.04. The molecule has 0 fully saturated rings. The zero-order valence-electron chi connectivity index (χ0n) is 13.6. The van der Waals surface area contributed by atoms with Crippen molar-refractivity contribution in [1.29, 1.82) is 0 Å². The molecule has 0 nitrogen and oxygen atoms in total. The van der Waals surface area contributed by atoms with Crippen molar-refractivity contribution >= 4 is 23.5 Å². The van der Waals surface area contributed by atoms with Gasteiger partial charge in [0.1, 0.15) is 0 Å². The molecule has 0 rings (SSSR count). The van der Waals surface area contributed by atoms with Gasteiger partial charge in [0.25, 0.3) is 0 Å². The average Bonchev–Trinajstić information content (AvgIpc) is 2.11. The van der Waals surface area contributed by atoms with E-state index in [-0.39, 0.29) is 4.75 Å². The molecule has 0 atom stereocenters. The molecule has 108 valence electrons. The summed E-state index contributed by atoms with van der Waals surface area (Å²) >= 11 is 4.06. The number of thioether (sulfide) groups is 2. The Morgan fingerprint density at radius 3 is 1.61 bits per heavy atom. The van der Waals surface area contributed by atoms with Crippen LogP contribution in [0.4, 0.5) is 0 Å². The van der Waals surface area contributed by atoms with Crippen molar-refractivity contribution < 1.29 is 0 Å². The first-order valence-corrected chi connectivity index (χ1v) is 8.63. The van der Waals surface area contributed by atoms with Gasteiger partial charge in [-0.05, 0) is 24.2 Å². The summed E-state index contributed by atoms with van der Waals surface area (Å²) < 4.78 is 0.947. The Morgan fingerprint density at radius 2 is 1.33 bits per heavy atom. The lowest BCUT2D eigenvalue weighted by atomic mass is 9.98. The molecule has 0 unspecified atom stereocenters. The molecule has 18 heavy (non-hydrogen) atoms. The molecule has 0 aromatic rings. The highest BCUT2D eigenvalue weighted by Crippen LogP contribution is 2.47. The van der Waals surface area contributed by atoms with Gasteiger partial charge in [-0.3, -0.25) is 0 Å². The first kappa shape index (κ1) is 18.4. The standard InChI is InChI=1S/C16H32S2/c1-10-16(11-2,18-15(7,8)9)12-13(3)17-14(4,5)6/h3,10-12H2,1-2,4-9H3. The molecule has 0 aromatic carbocycles. The lowest BCUT2D eigenvalue weighted by Gasteiger charge is -2.38. The van der Waals surface area contributed by atoms with Gasteiger partial charge >= 0.3 is 0 Å². The summed E-state index contributed by atoms with van der Waals surface area (Å²) in [5.41, 5.74) is 0. The monoisotopic (exact) mass is 288 g/mol. The van der Waals surface area contributed by atoms with Crippen molar-refractivity contribution in [1.82, 2.24) is 0 Å². The fourth-order valence-corrected chi connectivity index (χ4v) is 5.30. The zero-order valence-corrected chi connectivity index (χ0v) is 15.3. The third kappa shape index (κ3) is 7.78. The highest BCUT2D eigenvalue weighted by atomic mass is 32.2. The van der Waals surface area contributed by atoms with E-state index in [9.17, 15) is 0 Å². The second kappa shape index (κ2) is 6.74. The summed E-state index contributed by atoms with van der Waals surface area (Å²) in [6, 6.07) is 0. The van der Waals surface area contributed by atoms with Gasteiger partial charge in [-0.1, -0.05) is 62.0 Å². The van der Waals surface area contributed by atoms with E-state index in [4.69, 9.17) is 0 Å². The minimum absolute atomic E-state index is 0.275. The van der Waals surface area contributed by atoms with Crippen molar-refractivity contribution in [3.05, 3.63) is 11.5 Å². The van der Waals surface area contributed by atoms with Crippen LogP contribution in [0.3, 0.4) is 0 Å². The summed E-state index contributed by atoms with van der Waals surface area (Å²) in [4.78, 5) is 1.34. The molecule has 0 aromatic heterocycles. The summed E-state index contributed by atoms with van der Waals surface area (Å²) in [5.74, 6) is 0. The van der Waals surface area contributed by atoms with Gasteiger partial charge < -0.3 is 0 Å². The summed E-state index contributed by atoms with van der Waals surface area (Å²) in [6.45, 7) is 22.7. The molecule has 0 aliphatic heterocycles. The normalized spacial score (nSPS) is 13.8. The first-order valence-electron chi connectivity index (χ1n) is 7.00. The number of allylic oxidation sites excluding steroid dienone is 1. The summed E-state index contributed by atoms with van der Waals surface area (Å²) in [5, 5.41) is 0. The maximum atomic E-state index is 4.30. The van der Waals surface area contributed by atoms with Gasteiger partial charge in [0.05, 0.1) is 0 Å². The van der Waals surface area contributed by atoms with E-state index in [0.717, 1.165) is 6.42 Å². The molecule has 0 amide bonds. The van der Waals surface area contributed by atoms with E-state index in [1.54, 1.807) is 0 Å². The van der Waals surface area contributed by atoms with E-state index in [0.29, 0.717) is 9.49 Å². The molecule has 0 heterocycles. The van der Waals surface area contributed by atoms with Gasteiger partial charge in [0, 0.05) is 14.2 Å². The van der Waals surface area contributed by atoms with Gasteiger partial charge in [0.2, 0.25) is 0 Å². The lowest BCUT2D eigenvalue weighted by molar-refractivity contribution is 0.542. The second-order valence-corrected chi connectivity index (χ2v) is 11.3. The van der Waals surface area contributed by atoms with E-state index in [2.05, 4.69) is 73.7 Å². The molecule has 2 heteroatoms. The quantitative estimate of drug-likeness (QED) is 0.546. The van der Waals surface area contributed by atoms with Gasteiger partial charge in [-0.15, -0.1) is 23.5 Å². The summed E-state index contributed by atoms with van der Waals surface area (Å²) in [6.07, 6.45) is 3.56. The number of rotatable bonds is 6. The molecule has 0 aliphatic carbocycles. The molecule has 0 radical (unpaired) electrons. The number of hydrogen-bond donors (Lipinski definition) is 0. The molecule has 0 bridgehead atoms. The van der Waals surface area contributed by atoms with E-state index >= 15 is 0 Å². The third-order valence-corrected chi connectivity index (χ3v) is 5.59. The predicted octanol–water partition coefficient (Wildman–Crippen LogP) is 6.51. The zero-order chi connectivity index (χ0) is 14.6. The van der Waals surface area contributed by atoms with E-state index < -0.39 is 0 Å². The highest BCUT2D eigenvalue weighted by Gasteiger charge is 2.33. The molecular weight excluding hydrogens is 256 g/mol. The van der Waals surface area contributed by atoms with Crippen LogP contribution in [-0.2, 0) is 0 Å². The summed E-state index contributed by atoms with van der Waals surface area (Å²) in [7, 11) is 0. The fourth-order valence-electron chi connectivity index (χ4n) is 2.16. The Balaban J connectivity index is 4.76. The third-order valence-electron chi connectivity index (χ3n) is 2.78. The maximum absolute atomic E-state index is 4.30. The maximum Gasteiger partial charge on any atom is 0.0205 e. The van der Waals surface area contributed by atoms with Gasteiger partial charge in [-0.25, -0.2) is 0 Å². The average molecular weight is 289 g/mol. The Morgan fingerprint density at radius 1 is 0.889 bits per heavy atom. The van der Waals surface area contributed by atoms with Crippen molar-refractivity contribution in [3.8, 4) is 0 Å². The Kier molecular flexibility index (Phi) is 6.91. The van der Waals surface area contributed by atoms with Crippen LogP contribution in [0, 0.1) is 0 Å². The van der Waals surface area contributed by atoms with Crippen molar-refractivity contribution in [2.75, 3.05) is 0 Å². The number of hydrogen-bond acceptors (Lipinski definition) is 2. The van der Waals surface area contributed by atoms with Crippen LogP contribution >= 0.6 is 23.5 Å². The van der Waals surface area contributed by atoms with Crippen LogP contribution in [0.2, 0.25) is 0 Å². The molecule has 0 aliphatic rings. The van der Waals surface area contributed by atoms with Crippen molar-refractivity contribution in [2.24, 2.45) is 0 Å². The minimum atomic E-state index is 0.275. The molecule has 0 saturated carbocycles. The fraction of sp³-hybridized carbons (Fsp3) is 0.875. The Labute approximate surface area is 124 Å². The van der Waals surface area contributed by atoms with Crippen LogP contribution < -0.4 is 0 Å². The van der Waals surface area contributed by atoms with Crippen LogP contribution in [-0.4, -0.2) is 14.2 Å². The van der Waals surface area contributed by atoms with Crippen molar-refractivity contribution in [2.45, 2.75) is 88.9 Å². The smallest absolute Gasteiger partial charge is 0.0205 e. The Bertz CT molecular complexity index is 262. The van der Waals surface area contributed by atoms with E-state index in [1.807, 2.05) is 11.8 Å². The van der Waals surface area contributed by atoms with Crippen LogP contribution in [0.5, 0.6) is 0 Å². The first-order chi connectivity index (χ1) is 7.93. The van der Waals surface area contributed by atoms with Crippen LogP contribution in [0.15, 0.2) is 11.5 Å².